The quantitative estimate of drug-likeness (QED) is 0.798. The second kappa shape index (κ2) is 3.98. The van der Waals surface area contributed by atoms with E-state index in [9.17, 15) is 0 Å². The van der Waals surface area contributed by atoms with Crippen LogP contribution in [0.5, 0.6) is 0 Å². The standard InChI is InChI=1S/C14H18N2S/c1-3-5-10-8-12(10)16-11-7-4-6-9(2)13(11)15-14(16)17/h4,6-7,10,12H,3,5,8H2,1-2H3,(H,15,17). The molecule has 0 amide bonds. The molecule has 3 rings (SSSR count). The first-order chi connectivity index (χ1) is 8.22. The first-order valence-corrected chi connectivity index (χ1v) is 6.83. The van der Waals surface area contributed by atoms with E-state index in [2.05, 4.69) is 41.6 Å². The maximum Gasteiger partial charge on any atom is 0.178 e. The van der Waals surface area contributed by atoms with Crippen molar-refractivity contribution in [2.24, 2.45) is 5.92 Å². The summed E-state index contributed by atoms with van der Waals surface area (Å²) in [6.07, 6.45) is 3.89. The molecule has 0 aliphatic heterocycles. The fraction of sp³-hybridized carbons (Fsp3) is 0.500. The topological polar surface area (TPSA) is 20.7 Å². The third kappa shape index (κ3) is 1.73. The average molecular weight is 246 g/mol. The summed E-state index contributed by atoms with van der Waals surface area (Å²) in [5.41, 5.74) is 3.76. The van der Waals surface area contributed by atoms with Crippen molar-refractivity contribution in [2.75, 3.05) is 0 Å². The molecule has 90 valence electrons. The summed E-state index contributed by atoms with van der Waals surface area (Å²) in [6, 6.07) is 7.07. The van der Waals surface area contributed by atoms with Gasteiger partial charge >= 0.3 is 0 Å². The molecule has 2 atom stereocenters. The number of benzene rings is 1. The Bertz CT molecular complexity index is 608. The number of H-pyrrole nitrogens is 1. The van der Waals surface area contributed by atoms with E-state index in [0.29, 0.717) is 6.04 Å². The minimum absolute atomic E-state index is 0.637. The minimum Gasteiger partial charge on any atom is -0.330 e. The summed E-state index contributed by atoms with van der Waals surface area (Å²) >= 11 is 5.47. The van der Waals surface area contributed by atoms with Crippen LogP contribution in [0, 0.1) is 17.6 Å². The van der Waals surface area contributed by atoms with Crippen LogP contribution < -0.4 is 0 Å². The maximum absolute atomic E-state index is 5.47. The highest BCUT2D eigenvalue weighted by atomic mass is 32.1. The van der Waals surface area contributed by atoms with Gasteiger partial charge < -0.3 is 9.55 Å². The number of nitrogens with zero attached hydrogens (tertiary/aromatic N) is 1. The fourth-order valence-electron chi connectivity index (χ4n) is 2.85. The summed E-state index contributed by atoms with van der Waals surface area (Å²) in [7, 11) is 0. The molecule has 0 saturated heterocycles. The predicted molar refractivity (Wildman–Crippen MR) is 73.9 cm³/mol. The third-order valence-corrected chi connectivity index (χ3v) is 4.14. The van der Waals surface area contributed by atoms with E-state index in [1.165, 1.54) is 35.9 Å². The summed E-state index contributed by atoms with van der Waals surface area (Å²) < 4.78 is 3.22. The van der Waals surface area contributed by atoms with E-state index in [0.717, 1.165) is 10.7 Å². The molecule has 1 N–H and O–H groups in total. The van der Waals surface area contributed by atoms with Crippen molar-refractivity contribution in [3.63, 3.8) is 0 Å². The molecular formula is C14H18N2S. The highest BCUT2D eigenvalue weighted by Crippen LogP contribution is 2.47. The molecule has 1 aromatic heterocycles. The molecule has 0 spiro atoms. The zero-order chi connectivity index (χ0) is 12.0. The van der Waals surface area contributed by atoms with E-state index in [4.69, 9.17) is 12.2 Å². The van der Waals surface area contributed by atoms with Gasteiger partial charge in [-0.25, -0.2) is 0 Å². The lowest BCUT2D eigenvalue weighted by atomic mass is 10.2. The highest BCUT2D eigenvalue weighted by Gasteiger charge is 2.38. The lowest BCUT2D eigenvalue weighted by Crippen LogP contribution is -1.96. The van der Waals surface area contributed by atoms with Crippen LogP contribution in [0.4, 0.5) is 0 Å². The summed E-state index contributed by atoms with van der Waals surface area (Å²) in [5, 5.41) is 0. The summed E-state index contributed by atoms with van der Waals surface area (Å²) in [4.78, 5) is 3.36. The van der Waals surface area contributed by atoms with E-state index in [1.807, 2.05) is 0 Å². The largest absolute Gasteiger partial charge is 0.330 e. The normalized spacial score (nSPS) is 23.2. The number of rotatable bonds is 3. The van der Waals surface area contributed by atoms with Crippen LogP contribution in [0.2, 0.25) is 0 Å². The van der Waals surface area contributed by atoms with Gasteiger partial charge in [0.05, 0.1) is 11.0 Å². The van der Waals surface area contributed by atoms with Gasteiger partial charge in [-0.3, -0.25) is 0 Å². The van der Waals surface area contributed by atoms with Gasteiger partial charge in [0.2, 0.25) is 0 Å². The van der Waals surface area contributed by atoms with Crippen molar-refractivity contribution >= 4 is 23.3 Å². The van der Waals surface area contributed by atoms with Crippen LogP contribution >= 0.6 is 12.2 Å². The van der Waals surface area contributed by atoms with Crippen molar-refractivity contribution in [3.05, 3.63) is 28.5 Å². The Labute approximate surface area is 107 Å². The zero-order valence-electron chi connectivity index (χ0n) is 10.4. The number of aromatic nitrogens is 2. The first-order valence-electron chi connectivity index (χ1n) is 6.42. The van der Waals surface area contributed by atoms with Crippen molar-refractivity contribution in [1.82, 2.24) is 9.55 Å². The Balaban J connectivity index is 2.09. The van der Waals surface area contributed by atoms with Gasteiger partial charge in [0.25, 0.3) is 0 Å². The monoisotopic (exact) mass is 246 g/mol. The van der Waals surface area contributed by atoms with Gasteiger partial charge in [0.15, 0.2) is 4.77 Å². The maximum atomic E-state index is 5.47. The second-order valence-corrected chi connectivity index (χ2v) is 5.51. The number of aryl methyl sites for hydroxylation is 1. The average Bonchev–Trinajstić information content (AvgIpc) is 2.94. The van der Waals surface area contributed by atoms with Gasteiger partial charge in [-0.15, -0.1) is 0 Å². The van der Waals surface area contributed by atoms with E-state index in [1.54, 1.807) is 0 Å². The zero-order valence-corrected chi connectivity index (χ0v) is 11.2. The van der Waals surface area contributed by atoms with E-state index in [-0.39, 0.29) is 0 Å². The van der Waals surface area contributed by atoms with Crippen LogP contribution in [-0.2, 0) is 0 Å². The van der Waals surface area contributed by atoms with Crippen molar-refractivity contribution in [2.45, 2.75) is 39.2 Å². The minimum atomic E-state index is 0.637. The lowest BCUT2D eigenvalue weighted by molar-refractivity contribution is 0.613. The van der Waals surface area contributed by atoms with Gasteiger partial charge in [-0.05, 0) is 49.5 Å². The highest BCUT2D eigenvalue weighted by molar-refractivity contribution is 7.71. The molecule has 0 radical (unpaired) electrons. The second-order valence-electron chi connectivity index (χ2n) is 5.12. The Hall–Kier alpha value is -1.09. The molecule has 1 aromatic carbocycles. The number of aromatic amines is 1. The number of fused-ring (bicyclic) bond motifs is 1. The van der Waals surface area contributed by atoms with Gasteiger partial charge in [-0.1, -0.05) is 25.5 Å². The molecule has 1 aliphatic carbocycles. The number of imidazole rings is 1. The molecule has 2 unspecified atom stereocenters. The molecule has 3 heteroatoms. The number of hydrogen-bond acceptors (Lipinski definition) is 1. The summed E-state index contributed by atoms with van der Waals surface area (Å²) in [6.45, 7) is 4.39. The molecule has 0 bridgehead atoms. The van der Waals surface area contributed by atoms with Crippen LogP contribution in [0.3, 0.4) is 0 Å². The molecule has 1 heterocycles. The number of nitrogens with one attached hydrogen (secondary N) is 1. The number of para-hydroxylation sites is 1. The fourth-order valence-corrected chi connectivity index (χ4v) is 3.19. The smallest absolute Gasteiger partial charge is 0.178 e. The van der Waals surface area contributed by atoms with Crippen molar-refractivity contribution < 1.29 is 0 Å². The molecule has 2 nitrogen and oxygen atoms in total. The number of hydrogen-bond donors (Lipinski definition) is 1. The molecule has 2 aromatic rings. The van der Waals surface area contributed by atoms with Crippen LogP contribution in [0.15, 0.2) is 18.2 Å². The summed E-state index contributed by atoms with van der Waals surface area (Å²) in [5.74, 6) is 0.839. The van der Waals surface area contributed by atoms with Gasteiger partial charge in [0, 0.05) is 6.04 Å². The molecule has 17 heavy (non-hydrogen) atoms. The Kier molecular flexibility index (Phi) is 2.58. The van der Waals surface area contributed by atoms with Gasteiger partial charge in [0.1, 0.15) is 0 Å². The van der Waals surface area contributed by atoms with Crippen LogP contribution in [-0.4, -0.2) is 9.55 Å². The first kappa shape index (κ1) is 11.0. The molecule has 1 aliphatic rings. The molecular weight excluding hydrogens is 228 g/mol. The van der Waals surface area contributed by atoms with E-state index < -0.39 is 0 Å². The van der Waals surface area contributed by atoms with Crippen molar-refractivity contribution in [1.29, 1.82) is 0 Å². The lowest BCUT2D eigenvalue weighted by Gasteiger charge is -2.03. The van der Waals surface area contributed by atoms with Crippen LogP contribution in [0.25, 0.3) is 11.0 Å². The molecule has 1 saturated carbocycles. The van der Waals surface area contributed by atoms with Crippen LogP contribution in [0.1, 0.15) is 37.8 Å². The Morgan fingerprint density at radius 2 is 2.29 bits per heavy atom. The van der Waals surface area contributed by atoms with Crippen molar-refractivity contribution in [3.8, 4) is 0 Å². The third-order valence-electron chi connectivity index (χ3n) is 3.84. The Morgan fingerprint density at radius 3 is 3.06 bits per heavy atom. The Morgan fingerprint density at radius 1 is 1.47 bits per heavy atom. The van der Waals surface area contributed by atoms with Gasteiger partial charge in [-0.2, -0.15) is 0 Å². The van der Waals surface area contributed by atoms with E-state index >= 15 is 0 Å². The molecule has 1 fully saturated rings. The SMILES string of the molecule is CCCC1CC1n1c(=S)[nH]c2c(C)cccc21. The predicted octanol–water partition coefficient (Wildman–Crippen LogP) is 4.37.